The van der Waals surface area contributed by atoms with Gasteiger partial charge in [-0.05, 0) is 23.8 Å². The molecule has 0 radical (unpaired) electrons. The van der Waals surface area contributed by atoms with Crippen LogP contribution in [0, 0.1) is 5.82 Å². The molecule has 0 saturated heterocycles. The number of methoxy groups -OCH3 is 1. The minimum absolute atomic E-state index is 0.218. The third kappa shape index (κ3) is 2.44. The Hall–Kier alpha value is -2.05. The molecule has 0 aliphatic carbocycles. The summed E-state index contributed by atoms with van der Waals surface area (Å²) in [4.78, 5) is 8.00. The predicted molar refractivity (Wildman–Crippen MR) is 64.2 cm³/mol. The van der Waals surface area contributed by atoms with Crippen molar-refractivity contribution in [2.45, 2.75) is 6.04 Å². The summed E-state index contributed by atoms with van der Waals surface area (Å²) >= 11 is 0. The Labute approximate surface area is 104 Å². The van der Waals surface area contributed by atoms with E-state index in [2.05, 4.69) is 15.4 Å². The van der Waals surface area contributed by atoms with E-state index in [9.17, 15) is 4.39 Å². The van der Waals surface area contributed by atoms with Gasteiger partial charge in [-0.3, -0.25) is 15.8 Å². The third-order valence-corrected chi connectivity index (χ3v) is 2.53. The largest absolute Gasteiger partial charge is 0.495 e. The molecule has 1 atom stereocenters. The molecule has 0 amide bonds. The highest BCUT2D eigenvalue weighted by Crippen LogP contribution is 2.23. The fraction of sp³-hybridized carbons (Fsp3) is 0.167. The summed E-state index contributed by atoms with van der Waals surface area (Å²) in [5.74, 6) is 5.62. The SMILES string of the molecule is COc1cncc(C(NN)c2ncccc2F)c1. The molecule has 0 aliphatic rings. The number of nitrogens with one attached hydrogen (secondary N) is 1. The van der Waals surface area contributed by atoms with Crippen molar-refractivity contribution in [3.63, 3.8) is 0 Å². The minimum atomic E-state index is -0.575. The van der Waals surface area contributed by atoms with Gasteiger partial charge in [0.2, 0.25) is 0 Å². The zero-order valence-electron chi connectivity index (χ0n) is 9.80. The van der Waals surface area contributed by atoms with Gasteiger partial charge < -0.3 is 4.74 Å². The van der Waals surface area contributed by atoms with Gasteiger partial charge in [-0.15, -0.1) is 0 Å². The van der Waals surface area contributed by atoms with Crippen LogP contribution in [0.5, 0.6) is 5.75 Å². The number of rotatable bonds is 4. The zero-order chi connectivity index (χ0) is 13.0. The Kier molecular flexibility index (Phi) is 3.81. The van der Waals surface area contributed by atoms with Crippen LogP contribution >= 0.6 is 0 Å². The fourth-order valence-corrected chi connectivity index (χ4v) is 1.65. The molecular formula is C12H13FN4O. The molecule has 0 aromatic carbocycles. The Morgan fingerprint density at radius 3 is 2.94 bits per heavy atom. The van der Waals surface area contributed by atoms with Gasteiger partial charge >= 0.3 is 0 Å². The molecule has 2 aromatic heterocycles. The smallest absolute Gasteiger partial charge is 0.146 e. The second-order valence-corrected chi connectivity index (χ2v) is 3.63. The summed E-state index contributed by atoms with van der Waals surface area (Å²) in [6.45, 7) is 0. The first-order valence-corrected chi connectivity index (χ1v) is 5.31. The van der Waals surface area contributed by atoms with Crippen LogP contribution in [0.3, 0.4) is 0 Å². The summed E-state index contributed by atoms with van der Waals surface area (Å²) in [7, 11) is 1.53. The lowest BCUT2D eigenvalue weighted by Crippen LogP contribution is -2.30. The molecule has 1 unspecified atom stereocenters. The number of hydrogen-bond acceptors (Lipinski definition) is 5. The van der Waals surface area contributed by atoms with Crippen molar-refractivity contribution >= 4 is 0 Å². The summed E-state index contributed by atoms with van der Waals surface area (Å²) in [5.41, 5.74) is 3.42. The van der Waals surface area contributed by atoms with Gasteiger partial charge in [-0.2, -0.15) is 0 Å². The van der Waals surface area contributed by atoms with Crippen molar-refractivity contribution in [3.05, 3.63) is 53.9 Å². The summed E-state index contributed by atoms with van der Waals surface area (Å²) in [6.07, 6.45) is 4.66. The molecule has 2 rings (SSSR count). The molecule has 0 spiro atoms. The lowest BCUT2D eigenvalue weighted by atomic mass is 10.1. The summed E-state index contributed by atoms with van der Waals surface area (Å²) in [5, 5.41) is 0. The van der Waals surface area contributed by atoms with E-state index in [0.717, 1.165) is 0 Å². The van der Waals surface area contributed by atoms with Gasteiger partial charge in [-0.25, -0.2) is 9.82 Å². The van der Waals surface area contributed by atoms with Gasteiger partial charge in [0.1, 0.15) is 11.6 Å². The van der Waals surface area contributed by atoms with Crippen molar-refractivity contribution in [1.29, 1.82) is 0 Å². The maximum Gasteiger partial charge on any atom is 0.146 e. The molecule has 2 aromatic rings. The van der Waals surface area contributed by atoms with Crippen molar-refractivity contribution in [3.8, 4) is 5.75 Å². The van der Waals surface area contributed by atoms with Gasteiger partial charge in [0.15, 0.2) is 0 Å². The minimum Gasteiger partial charge on any atom is -0.495 e. The van der Waals surface area contributed by atoms with Crippen molar-refractivity contribution in [2.24, 2.45) is 5.84 Å². The van der Waals surface area contributed by atoms with E-state index >= 15 is 0 Å². The number of aromatic nitrogens is 2. The highest BCUT2D eigenvalue weighted by atomic mass is 19.1. The average Bonchev–Trinajstić information content (AvgIpc) is 2.42. The summed E-state index contributed by atoms with van der Waals surface area (Å²) < 4.78 is 18.8. The molecule has 0 aliphatic heterocycles. The van der Waals surface area contributed by atoms with Gasteiger partial charge in [0.25, 0.3) is 0 Å². The Balaban J connectivity index is 2.42. The molecular weight excluding hydrogens is 235 g/mol. The normalized spacial score (nSPS) is 12.2. The molecule has 5 nitrogen and oxygen atoms in total. The highest BCUT2D eigenvalue weighted by molar-refractivity contribution is 5.31. The molecule has 0 saturated carbocycles. The number of ether oxygens (including phenoxy) is 1. The molecule has 0 bridgehead atoms. The van der Waals surface area contributed by atoms with Crippen LogP contribution in [0.1, 0.15) is 17.3 Å². The fourth-order valence-electron chi connectivity index (χ4n) is 1.65. The van der Waals surface area contributed by atoms with Crippen LogP contribution in [-0.2, 0) is 0 Å². The maximum absolute atomic E-state index is 13.7. The number of nitrogens with two attached hydrogens (primary N) is 1. The van der Waals surface area contributed by atoms with Crippen molar-refractivity contribution < 1.29 is 9.13 Å². The quantitative estimate of drug-likeness (QED) is 0.628. The Morgan fingerprint density at radius 1 is 1.44 bits per heavy atom. The van der Waals surface area contributed by atoms with E-state index in [4.69, 9.17) is 10.6 Å². The van der Waals surface area contributed by atoms with Crippen LogP contribution < -0.4 is 16.0 Å². The van der Waals surface area contributed by atoms with E-state index < -0.39 is 11.9 Å². The van der Waals surface area contributed by atoms with Gasteiger partial charge in [0, 0.05) is 12.4 Å². The molecule has 0 fully saturated rings. The Morgan fingerprint density at radius 2 is 2.28 bits per heavy atom. The van der Waals surface area contributed by atoms with Crippen LogP contribution in [0.4, 0.5) is 4.39 Å². The molecule has 18 heavy (non-hydrogen) atoms. The van der Waals surface area contributed by atoms with E-state index in [1.807, 2.05) is 0 Å². The number of pyridine rings is 2. The standard InChI is InChI=1S/C12H13FN4O/c1-18-9-5-8(6-15-7-9)11(17-14)12-10(13)3-2-4-16-12/h2-7,11,17H,14H2,1H3. The first-order valence-electron chi connectivity index (χ1n) is 5.31. The third-order valence-electron chi connectivity index (χ3n) is 2.53. The monoisotopic (exact) mass is 248 g/mol. The predicted octanol–water partition coefficient (Wildman–Crippen LogP) is 1.18. The van der Waals surface area contributed by atoms with Crippen molar-refractivity contribution in [2.75, 3.05) is 7.11 Å². The maximum atomic E-state index is 13.7. The van der Waals surface area contributed by atoms with Crippen LogP contribution in [0.2, 0.25) is 0 Å². The molecule has 94 valence electrons. The number of halogens is 1. The number of hydrazine groups is 1. The zero-order valence-corrected chi connectivity index (χ0v) is 9.80. The average molecular weight is 248 g/mol. The van der Waals surface area contributed by atoms with E-state index in [1.165, 1.54) is 25.4 Å². The molecule has 2 heterocycles. The first-order chi connectivity index (χ1) is 8.76. The van der Waals surface area contributed by atoms with E-state index in [1.54, 1.807) is 18.5 Å². The van der Waals surface area contributed by atoms with Crippen molar-refractivity contribution in [1.82, 2.24) is 15.4 Å². The second kappa shape index (κ2) is 5.52. The van der Waals surface area contributed by atoms with E-state index in [0.29, 0.717) is 11.3 Å². The van der Waals surface area contributed by atoms with Gasteiger partial charge in [0.05, 0.1) is 25.0 Å². The highest BCUT2D eigenvalue weighted by Gasteiger charge is 2.18. The van der Waals surface area contributed by atoms with Crippen LogP contribution in [-0.4, -0.2) is 17.1 Å². The number of hydrogen-bond donors (Lipinski definition) is 2. The lowest BCUT2D eigenvalue weighted by molar-refractivity contribution is 0.411. The lowest BCUT2D eigenvalue weighted by Gasteiger charge is -2.16. The molecule has 6 heteroatoms. The topological polar surface area (TPSA) is 73.1 Å². The van der Waals surface area contributed by atoms with Gasteiger partial charge in [-0.1, -0.05) is 0 Å². The Bertz CT molecular complexity index is 535. The molecule has 3 N–H and O–H groups in total. The first kappa shape index (κ1) is 12.4. The van der Waals surface area contributed by atoms with Crippen LogP contribution in [0.15, 0.2) is 36.8 Å². The van der Waals surface area contributed by atoms with E-state index in [-0.39, 0.29) is 5.69 Å². The van der Waals surface area contributed by atoms with Crippen LogP contribution in [0.25, 0.3) is 0 Å². The number of nitrogens with zero attached hydrogens (tertiary/aromatic N) is 2. The second-order valence-electron chi connectivity index (χ2n) is 3.63. The summed E-state index contributed by atoms with van der Waals surface area (Å²) in [6, 6.07) is 4.01.